The molecule has 3 heteroatoms. The van der Waals surface area contributed by atoms with Crippen molar-refractivity contribution in [1.29, 1.82) is 0 Å². The fraction of sp³-hybridized carbons (Fsp3) is 0.400. The molecule has 0 amide bonds. The van der Waals surface area contributed by atoms with Crippen LogP contribution >= 0.6 is 11.8 Å². The van der Waals surface area contributed by atoms with Gasteiger partial charge in [-0.1, -0.05) is 12.1 Å². The standard InChI is InChI=1S/C10H16N2S/c1-13-9-4-2-8(3-5-9)10(12)6-7-11/h2-5,10H,6-7,11-12H2,1H3. The SMILES string of the molecule is CSc1ccc(C(N)CCN)cc1. The third-order valence-corrected chi connectivity index (χ3v) is 2.77. The topological polar surface area (TPSA) is 52.0 Å². The molecular formula is C10H16N2S. The lowest BCUT2D eigenvalue weighted by Gasteiger charge is -2.10. The highest BCUT2D eigenvalue weighted by Gasteiger charge is 2.03. The zero-order chi connectivity index (χ0) is 9.68. The van der Waals surface area contributed by atoms with Gasteiger partial charge in [-0.3, -0.25) is 0 Å². The van der Waals surface area contributed by atoms with Crippen LogP contribution < -0.4 is 11.5 Å². The molecule has 0 heterocycles. The first-order chi connectivity index (χ1) is 6.27. The molecule has 72 valence electrons. The molecule has 1 aromatic carbocycles. The van der Waals surface area contributed by atoms with Crippen molar-refractivity contribution in [3.05, 3.63) is 29.8 Å². The molecule has 1 unspecified atom stereocenters. The zero-order valence-corrected chi connectivity index (χ0v) is 8.68. The summed E-state index contributed by atoms with van der Waals surface area (Å²) in [6, 6.07) is 8.42. The monoisotopic (exact) mass is 196 g/mol. The molecule has 0 aromatic heterocycles. The number of rotatable bonds is 4. The maximum atomic E-state index is 5.91. The Balaban J connectivity index is 2.67. The number of nitrogens with two attached hydrogens (primary N) is 2. The highest BCUT2D eigenvalue weighted by atomic mass is 32.2. The molecular weight excluding hydrogens is 180 g/mol. The van der Waals surface area contributed by atoms with E-state index in [0.29, 0.717) is 6.54 Å². The Hall–Kier alpha value is -0.510. The van der Waals surface area contributed by atoms with Gasteiger partial charge in [0.2, 0.25) is 0 Å². The van der Waals surface area contributed by atoms with Crippen LogP contribution in [0.25, 0.3) is 0 Å². The van der Waals surface area contributed by atoms with Crippen molar-refractivity contribution in [1.82, 2.24) is 0 Å². The summed E-state index contributed by atoms with van der Waals surface area (Å²) in [5.74, 6) is 0. The molecule has 2 nitrogen and oxygen atoms in total. The molecule has 0 fully saturated rings. The maximum absolute atomic E-state index is 5.91. The van der Waals surface area contributed by atoms with Crippen molar-refractivity contribution in [2.75, 3.05) is 12.8 Å². The van der Waals surface area contributed by atoms with Crippen molar-refractivity contribution in [2.45, 2.75) is 17.4 Å². The number of benzene rings is 1. The van der Waals surface area contributed by atoms with E-state index in [1.165, 1.54) is 10.5 Å². The average molecular weight is 196 g/mol. The van der Waals surface area contributed by atoms with E-state index >= 15 is 0 Å². The van der Waals surface area contributed by atoms with Crippen molar-refractivity contribution in [2.24, 2.45) is 11.5 Å². The fourth-order valence-electron chi connectivity index (χ4n) is 1.20. The summed E-state index contributed by atoms with van der Waals surface area (Å²) < 4.78 is 0. The number of thioether (sulfide) groups is 1. The Morgan fingerprint density at radius 2 is 1.92 bits per heavy atom. The second-order valence-electron chi connectivity index (χ2n) is 2.96. The average Bonchev–Trinajstić information content (AvgIpc) is 2.18. The third kappa shape index (κ3) is 3.03. The van der Waals surface area contributed by atoms with Crippen LogP contribution in [0.3, 0.4) is 0 Å². The summed E-state index contributed by atoms with van der Waals surface area (Å²) in [5, 5.41) is 0. The van der Waals surface area contributed by atoms with Gasteiger partial charge in [0, 0.05) is 10.9 Å². The molecule has 0 bridgehead atoms. The van der Waals surface area contributed by atoms with Crippen LogP contribution in [0, 0.1) is 0 Å². The smallest absolute Gasteiger partial charge is 0.0306 e. The lowest BCUT2D eigenvalue weighted by molar-refractivity contribution is 0.661. The molecule has 0 saturated heterocycles. The van der Waals surface area contributed by atoms with E-state index in [4.69, 9.17) is 11.5 Å². The second kappa shape index (κ2) is 5.27. The largest absolute Gasteiger partial charge is 0.330 e. The quantitative estimate of drug-likeness (QED) is 0.721. The van der Waals surface area contributed by atoms with Crippen LogP contribution in [0.1, 0.15) is 18.0 Å². The fourth-order valence-corrected chi connectivity index (χ4v) is 1.61. The summed E-state index contributed by atoms with van der Waals surface area (Å²) >= 11 is 1.74. The molecule has 0 aliphatic heterocycles. The van der Waals surface area contributed by atoms with Gasteiger partial charge in [0.1, 0.15) is 0 Å². The van der Waals surface area contributed by atoms with Gasteiger partial charge in [0.25, 0.3) is 0 Å². The van der Waals surface area contributed by atoms with E-state index in [-0.39, 0.29) is 6.04 Å². The van der Waals surface area contributed by atoms with Crippen LogP contribution in [0.4, 0.5) is 0 Å². The molecule has 0 saturated carbocycles. The van der Waals surface area contributed by atoms with Crippen LogP contribution in [0.2, 0.25) is 0 Å². The van der Waals surface area contributed by atoms with Crippen LogP contribution in [-0.4, -0.2) is 12.8 Å². The van der Waals surface area contributed by atoms with Gasteiger partial charge in [-0.2, -0.15) is 0 Å². The molecule has 0 aliphatic rings. The molecule has 1 rings (SSSR count). The minimum atomic E-state index is 0.0842. The lowest BCUT2D eigenvalue weighted by Crippen LogP contribution is -2.15. The molecule has 0 aliphatic carbocycles. The van der Waals surface area contributed by atoms with E-state index in [2.05, 4.69) is 30.5 Å². The Kier molecular flexibility index (Phi) is 4.28. The first-order valence-corrected chi connectivity index (χ1v) is 5.60. The summed E-state index contributed by atoms with van der Waals surface area (Å²) in [6.07, 6.45) is 2.91. The van der Waals surface area contributed by atoms with Gasteiger partial charge < -0.3 is 11.5 Å². The van der Waals surface area contributed by atoms with Crippen molar-refractivity contribution in [3.8, 4) is 0 Å². The molecule has 0 spiro atoms. The first-order valence-electron chi connectivity index (χ1n) is 4.37. The van der Waals surface area contributed by atoms with E-state index < -0.39 is 0 Å². The van der Waals surface area contributed by atoms with Gasteiger partial charge in [-0.25, -0.2) is 0 Å². The Labute approximate surface area is 83.7 Å². The van der Waals surface area contributed by atoms with E-state index in [0.717, 1.165) is 6.42 Å². The van der Waals surface area contributed by atoms with E-state index in [1.54, 1.807) is 11.8 Å². The van der Waals surface area contributed by atoms with Crippen molar-refractivity contribution >= 4 is 11.8 Å². The predicted molar refractivity (Wildman–Crippen MR) is 58.8 cm³/mol. The van der Waals surface area contributed by atoms with E-state index in [9.17, 15) is 0 Å². The summed E-state index contributed by atoms with van der Waals surface area (Å²) in [5.41, 5.74) is 12.5. The number of hydrogen-bond donors (Lipinski definition) is 2. The normalized spacial score (nSPS) is 12.8. The Bertz CT molecular complexity index is 246. The second-order valence-corrected chi connectivity index (χ2v) is 3.84. The van der Waals surface area contributed by atoms with Crippen molar-refractivity contribution < 1.29 is 0 Å². The lowest BCUT2D eigenvalue weighted by atomic mass is 10.1. The van der Waals surface area contributed by atoms with Crippen LogP contribution in [0.5, 0.6) is 0 Å². The van der Waals surface area contributed by atoms with Crippen molar-refractivity contribution in [3.63, 3.8) is 0 Å². The molecule has 1 atom stereocenters. The van der Waals surface area contributed by atoms with Crippen LogP contribution in [-0.2, 0) is 0 Å². The third-order valence-electron chi connectivity index (χ3n) is 2.02. The minimum Gasteiger partial charge on any atom is -0.330 e. The minimum absolute atomic E-state index is 0.0842. The summed E-state index contributed by atoms with van der Waals surface area (Å²) in [6.45, 7) is 0.644. The highest BCUT2D eigenvalue weighted by Crippen LogP contribution is 2.18. The molecule has 4 N–H and O–H groups in total. The van der Waals surface area contributed by atoms with Gasteiger partial charge in [0.05, 0.1) is 0 Å². The maximum Gasteiger partial charge on any atom is 0.0306 e. The zero-order valence-electron chi connectivity index (χ0n) is 7.86. The van der Waals surface area contributed by atoms with Gasteiger partial charge in [-0.15, -0.1) is 11.8 Å². The van der Waals surface area contributed by atoms with Gasteiger partial charge in [-0.05, 0) is 36.9 Å². The van der Waals surface area contributed by atoms with Gasteiger partial charge in [0.15, 0.2) is 0 Å². The Morgan fingerprint density at radius 1 is 1.31 bits per heavy atom. The molecule has 0 radical (unpaired) electrons. The first kappa shape index (κ1) is 10.6. The highest BCUT2D eigenvalue weighted by molar-refractivity contribution is 7.98. The summed E-state index contributed by atoms with van der Waals surface area (Å²) in [7, 11) is 0. The Morgan fingerprint density at radius 3 is 2.38 bits per heavy atom. The predicted octanol–water partition coefficient (Wildman–Crippen LogP) is 1.76. The number of hydrogen-bond acceptors (Lipinski definition) is 3. The molecule has 13 heavy (non-hydrogen) atoms. The van der Waals surface area contributed by atoms with Gasteiger partial charge >= 0.3 is 0 Å². The summed E-state index contributed by atoms with van der Waals surface area (Å²) in [4.78, 5) is 1.27. The van der Waals surface area contributed by atoms with E-state index in [1.807, 2.05) is 0 Å². The molecule has 1 aromatic rings. The van der Waals surface area contributed by atoms with Crippen LogP contribution in [0.15, 0.2) is 29.2 Å².